The van der Waals surface area contributed by atoms with Crippen molar-refractivity contribution < 1.29 is 27.6 Å². The zero-order valence-corrected chi connectivity index (χ0v) is 43.1. The number of thioether (sulfide) groups is 1. The highest BCUT2D eigenvalue weighted by Gasteiger charge is 2.42. The first-order chi connectivity index (χ1) is 33.1. The fourth-order valence-corrected chi connectivity index (χ4v) is 11.1. The standard InChI is InChI=1S/C51H67N11O6S2/c1-33-30-53-49(58-46(33)55-38-11-9-12-40(29-38)70(67,68)59-51(6,7)8)56-37-18-20-39(21-19-37)60-25-27-61(28-26-60)43(64)23-22-42(63)57-45(50(3,4)5)48(66)62-24-10-13-41(62)47(65)52-31-35-14-16-36(17-15-35)44-34(2)54-32-69-44/h9,11-12,14-21,29-30,41,45,54,59H,10,13,22-28,31-32H2,1-8H3,(H,52,65)(H,57,63)(H2,53,55,56,58)/t41-,45+/m0/s1. The summed E-state index contributed by atoms with van der Waals surface area (Å²) in [6.07, 6.45) is 2.87. The third-order valence-corrected chi connectivity index (χ3v) is 15.2. The van der Waals surface area contributed by atoms with Gasteiger partial charge in [-0.2, -0.15) is 4.98 Å². The van der Waals surface area contributed by atoms with Crippen molar-refractivity contribution in [3.05, 3.63) is 101 Å². The van der Waals surface area contributed by atoms with Crippen LogP contribution in [0.3, 0.4) is 0 Å². The number of rotatable bonds is 16. The van der Waals surface area contributed by atoms with Gasteiger partial charge in [-0.3, -0.25) is 19.2 Å². The molecule has 0 saturated carbocycles. The van der Waals surface area contributed by atoms with E-state index in [2.05, 4.69) is 65.2 Å². The Hall–Kier alpha value is -6.18. The molecule has 3 aliphatic heterocycles. The van der Waals surface area contributed by atoms with Crippen LogP contribution >= 0.6 is 11.8 Å². The summed E-state index contributed by atoms with van der Waals surface area (Å²) in [4.78, 5) is 70.4. The summed E-state index contributed by atoms with van der Waals surface area (Å²) in [5.74, 6) is 0.728. The van der Waals surface area contributed by atoms with Gasteiger partial charge in [0.05, 0.1) is 10.8 Å². The Morgan fingerprint density at radius 1 is 0.857 bits per heavy atom. The van der Waals surface area contributed by atoms with E-state index in [1.807, 2.05) is 64.1 Å². The van der Waals surface area contributed by atoms with E-state index in [9.17, 15) is 27.6 Å². The number of hydrogen-bond donors (Lipinski definition) is 6. The lowest BCUT2D eigenvalue weighted by molar-refractivity contribution is -0.144. The minimum atomic E-state index is -3.73. The second kappa shape index (κ2) is 21.9. The summed E-state index contributed by atoms with van der Waals surface area (Å²) in [6, 6.07) is 21.0. The number of likely N-dealkylation sites (tertiary alicyclic amines) is 1. The zero-order valence-electron chi connectivity index (χ0n) is 41.4. The average Bonchev–Trinajstić information content (AvgIpc) is 3.99. The number of carbonyl (C=O) groups excluding carboxylic acids is 4. The molecule has 0 radical (unpaired) electrons. The Bertz CT molecular complexity index is 2690. The molecule has 70 heavy (non-hydrogen) atoms. The molecule has 7 rings (SSSR count). The third kappa shape index (κ3) is 13.4. The van der Waals surface area contributed by atoms with E-state index >= 15 is 0 Å². The van der Waals surface area contributed by atoms with E-state index in [0.717, 1.165) is 39.6 Å². The number of amides is 4. The number of benzene rings is 3. The number of carbonyl (C=O) groups is 4. The maximum Gasteiger partial charge on any atom is 0.246 e. The van der Waals surface area contributed by atoms with Crippen LogP contribution in [0.15, 0.2) is 89.6 Å². The topological polar surface area (TPSA) is 210 Å². The molecule has 3 aromatic carbocycles. The zero-order chi connectivity index (χ0) is 50.4. The van der Waals surface area contributed by atoms with Gasteiger partial charge in [0.15, 0.2) is 0 Å². The van der Waals surface area contributed by atoms with Gasteiger partial charge in [0.2, 0.25) is 39.6 Å². The summed E-state index contributed by atoms with van der Waals surface area (Å²) in [5.41, 5.74) is 5.09. The Morgan fingerprint density at radius 3 is 2.23 bits per heavy atom. The van der Waals surface area contributed by atoms with Crippen LogP contribution in [0, 0.1) is 12.3 Å². The van der Waals surface area contributed by atoms with E-state index in [4.69, 9.17) is 0 Å². The van der Waals surface area contributed by atoms with Crippen molar-refractivity contribution in [2.24, 2.45) is 5.41 Å². The molecule has 3 aliphatic rings. The second-order valence-electron chi connectivity index (χ2n) is 20.2. The van der Waals surface area contributed by atoms with Crippen molar-refractivity contribution in [3.63, 3.8) is 0 Å². The molecule has 2 saturated heterocycles. The van der Waals surface area contributed by atoms with Gasteiger partial charge in [-0.15, -0.1) is 11.8 Å². The number of aromatic nitrogens is 2. The molecule has 2 atom stereocenters. The number of hydrogen-bond acceptors (Lipinski definition) is 13. The normalized spacial score (nSPS) is 17.0. The molecule has 0 aliphatic carbocycles. The van der Waals surface area contributed by atoms with Gasteiger partial charge in [0.25, 0.3) is 0 Å². The highest BCUT2D eigenvalue weighted by molar-refractivity contribution is 8.08. The maximum absolute atomic E-state index is 14.1. The number of nitrogens with one attached hydrogen (secondary N) is 6. The van der Waals surface area contributed by atoms with Gasteiger partial charge in [0, 0.05) is 97.1 Å². The number of piperazine rings is 1. The van der Waals surface area contributed by atoms with Gasteiger partial charge >= 0.3 is 0 Å². The molecule has 4 heterocycles. The van der Waals surface area contributed by atoms with Crippen molar-refractivity contribution in [2.75, 3.05) is 54.1 Å². The summed E-state index contributed by atoms with van der Waals surface area (Å²) < 4.78 is 28.6. The minimum absolute atomic E-state index is 0.0153. The van der Waals surface area contributed by atoms with Crippen LogP contribution < -0.4 is 36.2 Å². The lowest BCUT2D eigenvalue weighted by atomic mass is 9.85. The van der Waals surface area contributed by atoms with Crippen LogP contribution in [-0.4, -0.2) is 108 Å². The van der Waals surface area contributed by atoms with Crippen molar-refractivity contribution in [2.45, 2.75) is 110 Å². The van der Waals surface area contributed by atoms with E-state index in [-0.39, 0.29) is 41.4 Å². The number of anilines is 5. The van der Waals surface area contributed by atoms with Crippen molar-refractivity contribution in [1.29, 1.82) is 0 Å². The van der Waals surface area contributed by atoms with Crippen LogP contribution in [0.25, 0.3) is 4.91 Å². The highest BCUT2D eigenvalue weighted by atomic mass is 32.2. The van der Waals surface area contributed by atoms with E-state index in [1.54, 1.807) is 72.8 Å². The molecular formula is C51H67N11O6S2. The summed E-state index contributed by atoms with van der Waals surface area (Å²) in [6.45, 7) is 17.9. The van der Waals surface area contributed by atoms with Crippen LogP contribution in [0.2, 0.25) is 0 Å². The highest BCUT2D eigenvalue weighted by Crippen LogP contribution is 2.34. The Balaban J connectivity index is 0.857. The van der Waals surface area contributed by atoms with Gasteiger partial charge in [-0.1, -0.05) is 51.1 Å². The maximum atomic E-state index is 14.1. The Morgan fingerprint density at radius 2 is 1.57 bits per heavy atom. The van der Waals surface area contributed by atoms with E-state index in [1.165, 1.54) is 4.91 Å². The molecule has 374 valence electrons. The SMILES string of the molecule is CC1=C(c2ccc(CNC(=O)[C@@H]3CCCN3C(=O)[C@@H](NC(=O)CCC(=O)N3CCN(c4ccc(Nc5ncc(C)c(Nc6cccc(S(=O)(=O)NC(C)(C)C)c6)n5)cc4)CC3)C(C)(C)C)cc2)SCN1. The van der Waals surface area contributed by atoms with Gasteiger partial charge in [0.1, 0.15) is 17.9 Å². The Labute approximate surface area is 416 Å². The van der Waals surface area contributed by atoms with Crippen molar-refractivity contribution in [1.82, 2.24) is 40.4 Å². The van der Waals surface area contributed by atoms with Gasteiger partial charge < -0.3 is 41.3 Å². The molecular weight excluding hydrogens is 927 g/mol. The molecule has 4 aromatic rings. The first kappa shape index (κ1) is 51.7. The number of nitrogens with zero attached hydrogens (tertiary/aromatic N) is 5. The van der Waals surface area contributed by atoms with Crippen LogP contribution in [0.4, 0.5) is 28.8 Å². The largest absolute Gasteiger partial charge is 0.378 e. The van der Waals surface area contributed by atoms with Gasteiger partial charge in [-0.05, 0) is 106 Å². The molecule has 0 bridgehead atoms. The second-order valence-corrected chi connectivity index (χ2v) is 22.8. The predicted octanol–water partition coefficient (Wildman–Crippen LogP) is 6.60. The van der Waals surface area contributed by atoms with E-state index < -0.39 is 33.1 Å². The first-order valence-corrected chi connectivity index (χ1v) is 26.3. The number of allylic oxidation sites excluding steroid dienone is 1. The Kier molecular flexibility index (Phi) is 16.1. The average molecular weight is 994 g/mol. The lowest BCUT2D eigenvalue weighted by Crippen LogP contribution is -2.57. The molecule has 0 unspecified atom stereocenters. The summed E-state index contributed by atoms with van der Waals surface area (Å²) in [5, 5.41) is 15.8. The first-order valence-electron chi connectivity index (χ1n) is 23.8. The fourth-order valence-electron chi connectivity index (χ4n) is 8.58. The molecule has 2 fully saturated rings. The lowest BCUT2D eigenvalue weighted by Gasteiger charge is -2.36. The van der Waals surface area contributed by atoms with Crippen molar-refractivity contribution >= 4 is 79.1 Å². The fraction of sp³-hybridized carbons (Fsp3) is 0.451. The van der Waals surface area contributed by atoms with Gasteiger partial charge in [-0.25, -0.2) is 18.1 Å². The molecule has 19 heteroatoms. The number of aryl methyl sites for hydroxylation is 1. The van der Waals surface area contributed by atoms with Crippen molar-refractivity contribution in [3.8, 4) is 0 Å². The molecule has 4 amide bonds. The summed E-state index contributed by atoms with van der Waals surface area (Å²) in [7, 11) is -3.73. The molecule has 6 N–H and O–H groups in total. The molecule has 17 nitrogen and oxygen atoms in total. The van der Waals surface area contributed by atoms with Crippen LogP contribution in [0.5, 0.6) is 0 Å². The minimum Gasteiger partial charge on any atom is -0.378 e. The molecule has 1 aromatic heterocycles. The quantitative estimate of drug-likeness (QED) is 0.0700. The number of sulfonamides is 1. The van der Waals surface area contributed by atoms with Crippen LogP contribution in [0.1, 0.15) is 90.8 Å². The monoisotopic (exact) mass is 993 g/mol. The third-order valence-electron chi connectivity index (χ3n) is 12.3. The van der Waals surface area contributed by atoms with E-state index in [0.29, 0.717) is 69.6 Å². The molecule has 0 spiro atoms. The predicted molar refractivity (Wildman–Crippen MR) is 277 cm³/mol. The van der Waals surface area contributed by atoms with Crippen LogP contribution in [-0.2, 0) is 35.7 Å². The summed E-state index contributed by atoms with van der Waals surface area (Å²) >= 11 is 1.77. The smallest absolute Gasteiger partial charge is 0.246 e.